The van der Waals surface area contributed by atoms with Gasteiger partial charge in [0.25, 0.3) is 6.43 Å². The van der Waals surface area contributed by atoms with Crippen LogP contribution >= 0.6 is 0 Å². The van der Waals surface area contributed by atoms with Crippen LogP contribution in [0.2, 0.25) is 0 Å². The highest BCUT2D eigenvalue weighted by molar-refractivity contribution is 5.24. The standard InChI is InChI=1S/C11H14F3N/c12-10(11(13)14)9-5-3-8(4-6-9)2-1-7-15/h3-6,10-11H,1-2,7,15H2. The molecular weight excluding hydrogens is 203 g/mol. The second kappa shape index (κ2) is 5.75. The highest BCUT2D eigenvalue weighted by Crippen LogP contribution is 2.24. The average Bonchev–Trinajstić information content (AvgIpc) is 2.26. The van der Waals surface area contributed by atoms with Crippen molar-refractivity contribution in [3.63, 3.8) is 0 Å². The number of hydrogen-bond donors (Lipinski definition) is 1. The first-order valence-corrected chi connectivity index (χ1v) is 4.86. The predicted octanol–water partition coefficient (Wildman–Crippen LogP) is 2.85. The number of alkyl halides is 3. The maximum Gasteiger partial charge on any atom is 0.273 e. The summed E-state index contributed by atoms with van der Waals surface area (Å²) in [4.78, 5) is 0. The summed E-state index contributed by atoms with van der Waals surface area (Å²) in [7, 11) is 0. The Morgan fingerprint density at radius 1 is 1.07 bits per heavy atom. The van der Waals surface area contributed by atoms with Crippen LogP contribution < -0.4 is 5.73 Å². The lowest BCUT2D eigenvalue weighted by Gasteiger charge is -2.08. The Balaban J connectivity index is 2.63. The normalized spacial score (nSPS) is 13.1. The average molecular weight is 217 g/mol. The number of benzene rings is 1. The van der Waals surface area contributed by atoms with E-state index in [9.17, 15) is 13.2 Å². The molecule has 0 amide bonds. The van der Waals surface area contributed by atoms with Crippen LogP contribution in [0.15, 0.2) is 24.3 Å². The molecule has 0 aromatic heterocycles. The smallest absolute Gasteiger partial charge is 0.273 e. The Hall–Kier alpha value is -1.03. The minimum Gasteiger partial charge on any atom is -0.330 e. The van der Waals surface area contributed by atoms with Crippen LogP contribution in [-0.4, -0.2) is 13.0 Å². The van der Waals surface area contributed by atoms with Crippen LogP contribution in [0.3, 0.4) is 0 Å². The first-order valence-electron chi connectivity index (χ1n) is 4.86. The zero-order valence-electron chi connectivity index (χ0n) is 8.30. The van der Waals surface area contributed by atoms with Crippen molar-refractivity contribution in [3.8, 4) is 0 Å². The van der Waals surface area contributed by atoms with E-state index in [0.717, 1.165) is 18.4 Å². The van der Waals surface area contributed by atoms with E-state index in [4.69, 9.17) is 5.73 Å². The summed E-state index contributed by atoms with van der Waals surface area (Å²) in [5.41, 5.74) is 6.36. The molecule has 0 aliphatic rings. The van der Waals surface area contributed by atoms with Crippen LogP contribution in [0.1, 0.15) is 23.7 Å². The monoisotopic (exact) mass is 217 g/mol. The van der Waals surface area contributed by atoms with Crippen molar-refractivity contribution < 1.29 is 13.2 Å². The predicted molar refractivity (Wildman–Crippen MR) is 53.7 cm³/mol. The molecule has 0 spiro atoms. The lowest BCUT2D eigenvalue weighted by atomic mass is 10.1. The third-order valence-electron chi connectivity index (χ3n) is 2.19. The minimum absolute atomic E-state index is 0.0292. The largest absolute Gasteiger partial charge is 0.330 e. The van der Waals surface area contributed by atoms with E-state index >= 15 is 0 Å². The van der Waals surface area contributed by atoms with Crippen LogP contribution in [0.4, 0.5) is 13.2 Å². The van der Waals surface area contributed by atoms with E-state index in [0.29, 0.717) is 6.54 Å². The molecule has 0 saturated heterocycles. The fourth-order valence-electron chi connectivity index (χ4n) is 1.32. The van der Waals surface area contributed by atoms with Gasteiger partial charge in [0.15, 0.2) is 6.17 Å². The van der Waals surface area contributed by atoms with E-state index in [2.05, 4.69) is 0 Å². The van der Waals surface area contributed by atoms with Crippen molar-refractivity contribution in [3.05, 3.63) is 35.4 Å². The van der Waals surface area contributed by atoms with Gasteiger partial charge >= 0.3 is 0 Å². The van der Waals surface area contributed by atoms with Gasteiger partial charge in [0.05, 0.1) is 0 Å². The molecule has 0 aliphatic carbocycles. The molecule has 1 unspecified atom stereocenters. The van der Waals surface area contributed by atoms with Crippen molar-refractivity contribution in [2.24, 2.45) is 5.73 Å². The van der Waals surface area contributed by atoms with Crippen LogP contribution in [0, 0.1) is 0 Å². The van der Waals surface area contributed by atoms with Gasteiger partial charge in [-0.15, -0.1) is 0 Å². The minimum atomic E-state index is -2.96. The molecule has 0 fully saturated rings. The van der Waals surface area contributed by atoms with E-state index < -0.39 is 12.6 Å². The van der Waals surface area contributed by atoms with Gasteiger partial charge in [0.2, 0.25) is 0 Å². The second-order valence-corrected chi connectivity index (χ2v) is 3.37. The summed E-state index contributed by atoms with van der Waals surface area (Å²) in [6, 6.07) is 6.14. The Bertz CT molecular complexity index is 284. The van der Waals surface area contributed by atoms with Crippen molar-refractivity contribution >= 4 is 0 Å². The van der Waals surface area contributed by atoms with Crippen molar-refractivity contribution in [1.82, 2.24) is 0 Å². The summed E-state index contributed by atoms with van der Waals surface area (Å²) in [6.07, 6.45) is -3.51. The quantitative estimate of drug-likeness (QED) is 0.806. The summed E-state index contributed by atoms with van der Waals surface area (Å²) in [5, 5.41) is 0. The molecule has 1 nitrogen and oxygen atoms in total. The Morgan fingerprint density at radius 3 is 2.13 bits per heavy atom. The summed E-state index contributed by atoms with van der Waals surface area (Å²) < 4.78 is 36.9. The van der Waals surface area contributed by atoms with Gasteiger partial charge < -0.3 is 5.73 Å². The topological polar surface area (TPSA) is 26.0 Å². The van der Waals surface area contributed by atoms with Crippen molar-refractivity contribution in [2.75, 3.05) is 6.54 Å². The molecule has 2 N–H and O–H groups in total. The van der Waals surface area contributed by atoms with Gasteiger partial charge in [-0.25, -0.2) is 13.2 Å². The molecule has 0 saturated carbocycles. The number of hydrogen-bond acceptors (Lipinski definition) is 1. The molecular formula is C11H14F3N. The van der Waals surface area contributed by atoms with Gasteiger partial charge in [-0.3, -0.25) is 0 Å². The fourth-order valence-corrected chi connectivity index (χ4v) is 1.32. The van der Waals surface area contributed by atoms with E-state index in [1.807, 2.05) is 0 Å². The highest BCUT2D eigenvalue weighted by Gasteiger charge is 2.20. The van der Waals surface area contributed by atoms with Gasteiger partial charge in [0, 0.05) is 0 Å². The summed E-state index contributed by atoms with van der Waals surface area (Å²) in [5.74, 6) is 0. The van der Waals surface area contributed by atoms with E-state index in [1.165, 1.54) is 12.1 Å². The molecule has 0 bridgehead atoms. The van der Waals surface area contributed by atoms with E-state index in [-0.39, 0.29) is 5.56 Å². The third-order valence-corrected chi connectivity index (χ3v) is 2.19. The first kappa shape index (κ1) is 12.0. The lowest BCUT2D eigenvalue weighted by Crippen LogP contribution is -2.03. The number of rotatable bonds is 5. The number of aryl methyl sites for hydroxylation is 1. The molecule has 1 atom stereocenters. The number of halogens is 3. The maximum atomic E-state index is 12.9. The van der Waals surface area contributed by atoms with E-state index in [1.54, 1.807) is 12.1 Å². The van der Waals surface area contributed by atoms with Gasteiger partial charge in [0.1, 0.15) is 0 Å². The van der Waals surface area contributed by atoms with Crippen LogP contribution in [-0.2, 0) is 6.42 Å². The molecule has 0 aliphatic heterocycles. The maximum absolute atomic E-state index is 12.9. The zero-order valence-corrected chi connectivity index (χ0v) is 8.30. The Labute approximate surface area is 87.1 Å². The lowest BCUT2D eigenvalue weighted by molar-refractivity contribution is 0.0495. The number of nitrogens with two attached hydrogens (primary N) is 1. The molecule has 15 heavy (non-hydrogen) atoms. The van der Waals surface area contributed by atoms with Crippen LogP contribution in [0.5, 0.6) is 0 Å². The fraction of sp³-hybridized carbons (Fsp3) is 0.455. The Morgan fingerprint density at radius 2 is 1.67 bits per heavy atom. The first-order chi connectivity index (χ1) is 7.15. The van der Waals surface area contributed by atoms with Gasteiger partial charge in [-0.05, 0) is 30.5 Å². The van der Waals surface area contributed by atoms with Crippen LogP contribution in [0.25, 0.3) is 0 Å². The highest BCUT2D eigenvalue weighted by atomic mass is 19.3. The summed E-state index contributed by atoms with van der Waals surface area (Å²) >= 11 is 0. The molecule has 0 radical (unpaired) electrons. The molecule has 1 aromatic carbocycles. The molecule has 0 heterocycles. The molecule has 1 aromatic rings. The van der Waals surface area contributed by atoms with Gasteiger partial charge in [-0.2, -0.15) is 0 Å². The zero-order chi connectivity index (χ0) is 11.3. The van der Waals surface area contributed by atoms with Crippen molar-refractivity contribution in [1.29, 1.82) is 0 Å². The third kappa shape index (κ3) is 3.55. The molecule has 1 rings (SSSR count). The molecule has 4 heteroatoms. The SMILES string of the molecule is NCCCc1ccc(C(F)C(F)F)cc1. The second-order valence-electron chi connectivity index (χ2n) is 3.37. The van der Waals surface area contributed by atoms with Crippen molar-refractivity contribution in [2.45, 2.75) is 25.4 Å². The van der Waals surface area contributed by atoms with Gasteiger partial charge in [-0.1, -0.05) is 24.3 Å². The molecule has 84 valence electrons. The Kier molecular flexibility index (Phi) is 4.62. The summed E-state index contributed by atoms with van der Waals surface area (Å²) in [6.45, 7) is 0.588.